The Morgan fingerprint density at radius 3 is 2.37 bits per heavy atom. The van der Waals surface area contributed by atoms with Crippen molar-refractivity contribution in [2.45, 2.75) is 25.4 Å². The summed E-state index contributed by atoms with van der Waals surface area (Å²) in [4.78, 5) is 16.5. The average Bonchev–Trinajstić information content (AvgIpc) is 3.74. The third-order valence-electron chi connectivity index (χ3n) is 6.66. The van der Waals surface area contributed by atoms with Crippen LogP contribution in [0.5, 0.6) is 0 Å². The Kier molecular flexibility index (Phi) is 6.22. The van der Waals surface area contributed by atoms with Gasteiger partial charge in [-0.15, -0.1) is 0 Å². The van der Waals surface area contributed by atoms with E-state index in [9.17, 15) is 0 Å². The lowest BCUT2D eigenvalue weighted by atomic mass is 10.0. The van der Waals surface area contributed by atoms with Crippen molar-refractivity contribution in [2.24, 2.45) is 0 Å². The molecule has 176 valence electrons. The predicted octanol–water partition coefficient (Wildman–Crippen LogP) is 4.85. The first-order chi connectivity index (χ1) is 17.3. The van der Waals surface area contributed by atoms with E-state index in [0.717, 1.165) is 66.6 Å². The minimum Gasteiger partial charge on any atom is -0.367 e. The molecule has 1 aliphatic carbocycles. The Hall–Kier alpha value is -3.61. The van der Waals surface area contributed by atoms with Crippen LogP contribution in [0.2, 0.25) is 0 Å². The summed E-state index contributed by atoms with van der Waals surface area (Å²) in [5, 5.41) is 6.97. The van der Waals surface area contributed by atoms with Crippen molar-refractivity contribution in [3.63, 3.8) is 0 Å². The molecule has 4 aromatic rings. The summed E-state index contributed by atoms with van der Waals surface area (Å²) in [6, 6.07) is 21.8. The second kappa shape index (κ2) is 9.94. The molecule has 6 heteroatoms. The number of aromatic nitrogens is 3. The average molecular weight is 463 g/mol. The number of anilines is 1. The maximum Gasteiger partial charge on any atom is 0.127 e. The number of pyridine rings is 3. The molecule has 4 heterocycles. The molecule has 2 N–H and O–H groups in total. The second-order valence-electron chi connectivity index (χ2n) is 9.45. The highest BCUT2D eigenvalue weighted by Gasteiger charge is 2.22. The van der Waals surface area contributed by atoms with Gasteiger partial charge < -0.3 is 10.6 Å². The summed E-state index contributed by atoms with van der Waals surface area (Å²) in [6.45, 7) is 5.37. The van der Waals surface area contributed by atoms with Gasteiger partial charge in [0.25, 0.3) is 0 Å². The van der Waals surface area contributed by atoms with Crippen LogP contribution in [0.3, 0.4) is 0 Å². The lowest BCUT2D eigenvalue weighted by Gasteiger charge is -2.27. The van der Waals surface area contributed by atoms with E-state index in [4.69, 9.17) is 4.98 Å². The molecule has 0 bridgehead atoms. The van der Waals surface area contributed by atoms with Crippen LogP contribution in [0.4, 0.5) is 5.82 Å². The van der Waals surface area contributed by atoms with Gasteiger partial charge in [-0.2, -0.15) is 0 Å². The van der Waals surface area contributed by atoms with Crippen LogP contribution < -0.4 is 10.6 Å². The molecule has 0 atom stereocenters. The summed E-state index contributed by atoms with van der Waals surface area (Å²) < 4.78 is 0. The SMILES string of the molecule is c1ccc(-c2cc(-c3cncc(-c4ccc(CN5CCNCC5)cc4)c3)cc(NC3CC3)n2)nc1. The van der Waals surface area contributed by atoms with Crippen LogP contribution in [-0.4, -0.2) is 52.1 Å². The molecule has 0 radical (unpaired) electrons. The standard InChI is InChI=1S/C29H30N6/c1-2-10-32-27(3-1)28-16-23(17-29(34-28)33-26-8-9-26)25-15-24(18-31-19-25)22-6-4-21(5-7-22)20-35-13-11-30-12-14-35/h1-7,10,15-19,26,30H,8-9,11-14,20H2,(H,33,34). The van der Waals surface area contributed by atoms with Crippen LogP contribution >= 0.6 is 0 Å². The highest BCUT2D eigenvalue weighted by molar-refractivity contribution is 5.76. The van der Waals surface area contributed by atoms with Crippen LogP contribution in [0.25, 0.3) is 33.6 Å². The molecule has 1 saturated carbocycles. The van der Waals surface area contributed by atoms with E-state index < -0.39 is 0 Å². The fraction of sp³-hybridized carbons (Fsp3) is 0.276. The van der Waals surface area contributed by atoms with Crippen LogP contribution in [-0.2, 0) is 6.54 Å². The minimum atomic E-state index is 0.526. The van der Waals surface area contributed by atoms with Crippen LogP contribution in [0, 0.1) is 0 Å². The van der Waals surface area contributed by atoms with Gasteiger partial charge in [0.05, 0.1) is 11.4 Å². The van der Waals surface area contributed by atoms with Crippen molar-refractivity contribution < 1.29 is 0 Å². The van der Waals surface area contributed by atoms with Crippen molar-refractivity contribution in [1.29, 1.82) is 0 Å². The number of rotatable bonds is 7. The number of nitrogens with one attached hydrogen (secondary N) is 2. The molecule has 0 spiro atoms. The zero-order valence-corrected chi connectivity index (χ0v) is 19.8. The fourth-order valence-corrected chi connectivity index (χ4v) is 4.54. The summed E-state index contributed by atoms with van der Waals surface area (Å²) >= 11 is 0. The Bertz CT molecular complexity index is 1280. The van der Waals surface area contributed by atoms with Gasteiger partial charge in [0.1, 0.15) is 5.82 Å². The van der Waals surface area contributed by atoms with Gasteiger partial charge in [-0.25, -0.2) is 4.98 Å². The third-order valence-corrected chi connectivity index (χ3v) is 6.66. The fourth-order valence-electron chi connectivity index (χ4n) is 4.54. The first-order valence-electron chi connectivity index (χ1n) is 12.5. The molecular formula is C29H30N6. The molecule has 0 amide bonds. The van der Waals surface area contributed by atoms with Crippen molar-refractivity contribution >= 4 is 5.82 Å². The first-order valence-corrected chi connectivity index (χ1v) is 12.5. The zero-order chi connectivity index (χ0) is 23.5. The van der Waals surface area contributed by atoms with E-state index >= 15 is 0 Å². The normalized spacial score (nSPS) is 16.2. The van der Waals surface area contributed by atoms with Crippen molar-refractivity contribution in [2.75, 3.05) is 31.5 Å². The number of piperazine rings is 1. The Morgan fingerprint density at radius 2 is 1.63 bits per heavy atom. The predicted molar refractivity (Wildman–Crippen MR) is 141 cm³/mol. The summed E-state index contributed by atoms with van der Waals surface area (Å²) in [5.41, 5.74) is 7.55. The number of hydrogen-bond donors (Lipinski definition) is 2. The largest absolute Gasteiger partial charge is 0.367 e. The molecule has 6 nitrogen and oxygen atoms in total. The van der Waals surface area contributed by atoms with Gasteiger partial charge in [-0.05, 0) is 59.9 Å². The highest BCUT2D eigenvalue weighted by atomic mass is 15.2. The lowest BCUT2D eigenvalue weighted by molar-refractivity contribution is 0.233. The van der Waals surface area contributed by atoms with Crippen LogP contribution in [0.15, 0.2) is 79.3 Å². The molecule has 3 aromatic heterocycles. The topological polar surface area (TPSA) is 66.0 Å². The summed E-state index contributed by atoms with van der Waals surface area (Å²) in [5.74, 6) is 0.897. The van der Waals surface area contributed by atoms with Gasteiger partial charge in [0.15, 0.2) is 0 Å². The monoisotopic (exact) mass is 462 g/mol. The molecular weight excluding hydrogens is 432 g/mol. The Balaban J connectivity index is 1.28. The smallest absolute Gasteiger partial charge is 0.127 e. The molecule has 2 aliphatic rings. The second-order valence-corrected chi connectivity index (χ2v) is 9.45. The maximum absolute atomic E-state index is 4.85. The van der Waals surface area contributed by atoms with Crippen molar-refractivity contribution in [3.8, 4) is 33.6 Å². The molecule has 1 aromatic carbocycles. The van der Waals surface area contributed by atoms with Crippen molar-refractivity contribution in [3.05, 3.63) is 84.8 Å². The van der Waals surface area contributed by atoms with E-state index in [1.54, 1.807) is 0 Å². The summed E-state index contributed by atoms with van der Waals surface area (Å²) in [7, 11) is 0. The molecule has 6 rings (SSSR count). The third kappa shape index (κ3) is 5.39. The molecule has 1 aliphatic heterocycles. The highest BCUT2D eigenvalue weighted by Crippen LogP contribution is 2.32. The quantitative estimate of drug-likeness (QED) is 0.409. The van der Waals surface area contributed by atoms with Gasteiger partial charge in [-0.3, -0.25) is 14.9 Å². The molecule has 2 fully saturated rings. The van der Waals surface area contributed by atoms with Gasteiger partial charge in [0.2, 0.25) is 0 Å². The Labute approximate surface area is 206 Å². The van der Waals surface area contributed by atoms with E-state index in [-0.39, 0.29) is 0 Å². The van der Waals surface area contributed by atoms with Gasteiger partial charge in [0, 0.05) is 68.5 Å². The minimum absolute atomic E-state index is 0.526. The maximum atomic E-state index is 4.85. The first kappa shape index (κ1) is 21.9. The molecule has 0 unspecified atom stereocenters. The molecule has 1 saturated heterocycles. The number of nitrogens with zero attached hydrogens (tertiary/aromatic N) is 4. The van der Waals surface area contributed by atoms with E-state index in [2.05, 4.69) is 68.0 Å². The van der Waals surface area contributed by atoms with E-state index in [1.165, 1.54) is 24.0 Å². The summed E-state index contributed by atoms with van der Waals surface area (Å²) in [6.07, 6.45) is 8.09. The van der Waals surface area contributed by atoms with E-state index in [1.807, 2.05) is 36.8 Å². The van der Waals surface area contributed by atoms with Crippen molar-refractivity contribution in [1.82, 2.24) is 25.2 Å². The lowest BCUT2D eigenvalue weighted by Crippen LogP contribution is -2.42. The Morgan fingerprint density at radius 1 is 0.829 bits per heavy atom. The molecule has 35 heavy (non-hydrogen) atoms. The zero-order valence-electron chi connectivity index (χ0n) is 19.8. The number of hydrogen-bond acceptors (Lipinski definition) is 6. The van der Waals surface area contributed by atoms with E-state index in [0.29, 0.717) is 6.04 Å². The van der Waals surface area contributed by atoms with Gasteiger partial charge in [-0.1, -0.05) is 30.3 Å². The number of benzene rings is 1. The van der Waals surface area contributed by atoms with Gasteiger partial charge >= 0.3 is 0 Å². The van der Waals surface area contributed by atoms with Crippen LogP contribution in [0.1, 0.15) is 18.4 Å².